The van der Waals surface area contributed by atoms with E-state index in [-0.39, 0.29) is 5.41 Å². The molecule has 0 aromatic heterocycles. The Balaban J connectivity index is 2.65. The van der Waals surface area contributed by atoms with Crippen LogP contribution in [0.15, 0.2) is 24.3 Å². The quantitative estimate of drug-likeness (QED) is 0.648. The second kappa shape index (κ2) is 7.19. The molecule has 0 aliphatic heterocycles. The first-order valence-corrected chi connectivity index (χ1v) is 10.1. The molecule has 2 rings (SSSR count). The minimum atomic E-state index is 0.0135. The number of hydrogen-bond donors (Lipinski definition) is 0. The zero-order valence-electron chi connectivity index (χ0n) is 16.5. The number of halogens is 1. The highest BCUT2D eigenvalue weighted by Crippen LogP contribution is 2.35. The lowest BCUT2D eigenvalue weighted by molar-refractivity contribution is -0.329. The summed E-state index contributed by atoms with van der Waals surface area (Å²) in [6.07, 6.45) is 1.10. The van der Waals surface area contributed by atoms with E-state index in [2.05, 4.69) is 102 Å². The smallest absolute Gasteiger partial charge is 0.0146 e. The SMILES string of the molecule is CCc1cc(C(C)(C)c2cc([I-])c(C)c(C(C)C)c2)cc(C)c1C. The second-order valence-corrected chi connectivity index (χ2v) is 9.05. The number of rotatable bonds is 4. The fourth-order valence-corrected chi connectivity index (χ4v) is 4.13. The molecule has 0 N–H and O–H groups in total. The van der Waals surface area contributed by atoms with Gasteiger partial charge in [-0.2, -0.15) is 3.57 Å². The van der Waals surface area contributed by atoms with E-state index in [1.165, 1.54) is 42.5 Å². The summed E-state index contributed by atoms with van der Waals surface area (Å²) in [5.74, 6) is 0.556. The number of benzene rings is 2. The van der Waals surface area contributed by atoms with E-state index < -0.39 is 0 Å². The number of hydrogen-bond acceptors (Lipinski definition) is 0. The lowest BCUT2D eigenvalue weighted by atomic mass is 9.75. The molecule has 0 heterocycles. The molecular weight excluding hydrogens is 403 g/mol. The van der Waals surface area contributed by atoms with Crippen LogP contribution in [0.1, 0.15) is 79.5 Å². The van der Waals surface area contributed by atoms with Gasteiger partial charge in [-0.25, -0.2) is 0 Å². The van der Waals surface area contributed by atoms with Crippen LogP contribution in [-0.4, -0.2) is 0 Å². The van der Waals surface area contributed by atoms with E-state index >= 15 is 0 Å². The van der Waals surface area contributed by atoms with E-state index in [4.69, 9.17) is 0 Å². The minimum absolute atomic E-state index is 0.0135. The van der Waals surface area contributed by atoms with Crippen LogP contribution in [0.3, 0.4) is 0 Å². The third-order valence-electron chi connectivity index (χ3n) is 5.61. The average molecular weight is 434 g/mol. The highest BCUT2D eigenvalue weighted by molar-refractivity contribution is 5.47. The fraction of sp³-hybridized carbons (Fsp3) is 0.478. The maximum absolute atomic E-state index is 2.49. The monoisotopic (exact) mass is 434 g/mol. The molecule has 24 heavy (non-hydrogen) atoms. The Bertz CT molecular complexity index is 751. The Morgan fingerprint density at radius 2 is 1.50 bits per heavy atom. The van der Waals surface area contributed by atoms with E-state index in [1.54, 1.807) is 0 Å². The highest BCUT2D eigenvalue weighted by Gasteiger charge is 2.25. The van der Waals surface area contributed by atoms with Crippen molar-refractivity contribution in [2.75, 3.05) is 0 Å². The molecule has 1 heteroatoms. The van der Waals surface area contributed by atoms with Gasteiger partial charge in [0.1, 0.15) is 0 Å². The molecule has 2 aromatic rings. The minimum Gasteiger partial charge on any atom is -0.758 e. The largest absolute Gasteiger partial charge is 0.758 e. The van der Waals surface area contributed by atoms with Gasteiger partial charge in [0.15, 0.2) is 0 Å². The Morgan fingerprint density at radius 3 is 2.04 bits per heavy atom. The van der Waals surface area contributed by atoms with Gasteiger partial charge < -0.3 is 22.6 Å². The van der Waals surface area contributed by atoms with Gasteiger partial charge in [-0.1, -0.05) is 64.4 Å². The summed E-state index contributed by atoms with van der Waals surface area (Å²) in [7, 11) is 0. The van der Waals surface area contributed by atoms with Gasteiger partial charge >= 0.3 is 0 Å². The van der Waals surface area contributed by atoms with Gasteiger partial charge in [0.25, 0.3) is 0 Å². The van der Waals surface area contributed by atoms with Crippen LogP contribution in [0.2, 0.25) is 0 Å². The first-order valence-electron chi connectivity index (χ1n) is 9.00. The molecule has 0 unspecified atom stereocenters. The molecule has 1 radical (unpaired) electrons. The molecule has 0 aliphatic carbocycles. The van der Waals surface area contributed by atoms with Crippen LogP contribution in [0.25, 0.3) is 0 Å². The number of aryl methyl sites for hydroxylation is 2. The molecule has 0 saturated carbocycles. The van der Waals surface area contributed by atoms with Crippen molar-refractivity contribution in [2.45, 2.75) is 73.1 Å². The maximum atomic E-state index is 2.49. The molecule has 0 spiro atoms. The van der Waals surface area contributed by atoms with Crippen molar-refractivity contribution in [1.29, 1.82) is 0 Å². The standard InChI is InChI=1S/C23H31I/c1-9-18-11-19(10-15(4)16(18)5)23(7,8)20-12-21(14(2)3)17(6)22(24)13-20/h10-14H,9H2,1-8H3/q-1. The topological polar surface area (TPSA) is 0 Å². The van der Waals surface area contributed by atoms with E-state index in [0.29, 0.717) is 5.92 Å². The lowest BCUT2D eigenvalue weighted by Gasteiger charge is -2.31. The van der Waals surface area contributed by atoms with Crippen molar-refractivity contribution >= 4 is 0 Å². The van der Waals surface area contributed by atoms with Crippen molar-refractivity contribution in [1.82, 2.24) is 0 Å². The summed E-state index contributed by atoms with van der Waals surface area (Å²) in [5, 5.41) is 0. The van der Waals surface area contributed by atoms with Crippen LogP contribution < -0.4 is 22.6 Å². The van der Waals surface area contributed by atoms with Crippen LogP contribution in [-0.2, 0) is 11.8 Å². The molecule has 0 bridgehead atoms. The summed E-state index contributed by atoms with van der Waals surface area (Å²) >= 11 is 2.49. The highest BCUT2D eigenvalue weighted by atomic mass is 127. The van der Waals surface area contributed by atoms with Crippen molar-refractivity contribution in [3.8, 4) is 0 Å². The first-order chi connectivity index (χ1) is 11.1. The van der Waals surface area contributed by atoms with Gasteiger partial charge in [-0.3, -0.25) is 0 Å². The molecule has 0 nitrogen and oxygen atoms in total. The second-order valence-electron chi connectivity index (χ2n) is 7.88. The Hall–Kier alpha value is -0.830. The van der Waals surface area contributed by atoms with Crippen LogP contribution >= 0.6 is 0 Å². The van der Waals surface area contributed by atoms with Crippen LogP contribution in [0.5, 0.6) is 0 Å². The lowest BCUT2D eigenvalue weighted by Crippen LogP contribution is -3.34. The van der Waals surface area contributed by atoms with Gasteiger partial charge in [0.2, 0.25) is 0 Å². The molecule has 0 atom stereocenters. The molecule has 2 aromatic carbocycles. The zero-order valence-corrected chi connectivity index (χ0v) is 18.6. The maximum Gasteiger partial charge on any atom is 0.0146 e. The summed E-state index contributed by atoms with van der Waals surface area (Å²) < 4.78 is 1.38. The predicted octanol–water partition coefficient (Wildman–Crippen LogP) is 3.35. The molecule has 131 valence electrons. The molecule has 0 saturated heterocycles. The summed E-state index contributed by atoms with van der Waals surface area (Å²) in [5.41, 5.74) is 10.1. The van der Waals surface area contributed by atoms with E-state index in [0.717, 1.165) is 6.42 Å². The zero-order chi connectivity index (χ0) is 18.2. The van der Waals surface area contributed by atoms with E-state index in [9.17, 15) is 0 Å². The van der Waals surface area contributed by atoms with Crippen molar-refractivity contribution < 1.29 is 22.6 Å². The summed E-state index contributed by atoms with van der Waals surface area (Å²) in [6, 6.07) is 9.62. The first kappa shape index (κ1) is 19.5. The van der Waals surface area contributed by atoms with Crippen molar-refractivity contribution in [3.63, 3.8) is 0 Å². The third kappa shape index (κ3) is 3.56. The molecular formula is C23H31I-. The van der Waals surface area contributed by atoms with Crippen molar-refractivity contribution in [3.05, 3.63) is 66.8 Å². The van der Waals surface area contributed by atoms with Gasteiger partial charge in [-0.15, -0.1) is 0 Å². The fourth-order valence-electron chi connectivity index (χ4n) is 3.49. The Labute approximate surface area is 162 Å². The van der Waals surface area contributed by atoms with Gasteiger partial charge in [0, 0.05) is 5.41 Å². The molecule has 0 aliphatic rings. The Kier molecular flexibility index (Phi) is 5.84. The van der Waals surface area contributed by atoms with Crippen LogP contribution in [0.4, 0.5) is 0 Å². The summed E-state index contributed by atoms with van der Waals surface area (Å²) in [4.78, 5) is 0. The molecule has 0 fully saturated rings. The molecule has 0 amide bonds. The van der Waals surface area contributed by atoms with Crippen molar-refractivity contribution in [2.24, 2.45) is 0 Å². The van der Waals surface area contributed by atoms with Crippen LogP contribution in [0, 0.1) is 24.3 Å². The normalized spacial score (nSPS) is 12.1. The third-order valence-corrected chi connectivity index (χ3v) is 6.73. The van der Waals surface area contributed by atoms with E-state index in [1.807, 2.05) is 0 Å². The van der Waals surface area contributed by atoms with Gasteiger partial charge in [-0.05, 0) is 66.5 Å². The Morgan fingerprint density at radius 1 is 0.917 bits per heavy atom. The predicted molar refractivity (Wildman–Crippen MR) is 101 cm³/mol. The van der Waals surface area contributed by atoms with Gasteiger partial charge in [0.05, 0.1) is 0 Å². The average Bonchev–Trinajstić information content (AvgIpc) is 2.51. The summed E-state index contributed by atoms with van der Waals surface area (Å²) in [6.45, 7) is 18.3.